The minimum absolute atomic E-state index is 0.0633. The van der Waals surface area contributed by atoms with Gasteiger partial charge in [-0.3, -0.25) is 0 Å². The van der Waals surface area contributed by atoms with Crippen LogP contribution in [0.25, 0.3) is 10.8 Å². The van der Waals surface area contributed by atoms with Gasteiger partial charge in [0.25, 0.3) is 0 Å². The second-order valence-electron chi connectivity index (χ2n) is 9.31. The molecule has 4 bridgehead atoms. The minimum atomic E-state index is -0.705. The lowest BCUT2D eigenvalue weighted by Gasteiger charge is -2.53. The van der Waals surface area contributed by atoms with E-state index in [4.69, 9.17) is 10.5 Å². The Kier molecular flexibility index (Phi) is 3.81. The molecule has 0 amide bonds. The maximum Gasteiger partial charge on any atom is 0.120 e. The SMILES string of the molecule is C[C@](N)(CO)c1ccc2cc(OC3C4CC5CC(C4)CC3C5)ccc2c1. The Morgan fingerprint density at radius 2 is 1.58 bits per heavy atom. The maximum absolute atomic E-state index is 9.50. The highest BCUT2D eigenvalue weighted by molar-refractivity contribution is 5.84. The molecule has 3 heteroatoms. The van der Waals surface area contributed by atoms with Crippen LogP contribution in [0.5, 0.6) is 5.75 Å². The van der Waals surface area contributed by atoms with Crippen LogP contribution in [0.4, 0.5) is 0 Å². The van der Waals surface area contributed by atoms with Crippen molar-refractivity contribution >= 4 is 10.8 Å². The zero-order valence-corrected chi connectivity index (χ0v) is 15.5. The largest absolute Gasteiger partial charge is 0.490 e. The number of benzene rings is 2. The van der Waals surface area contributed by atoms with E-state index in [1.807, 2.05) is 13.0 Å². The number of aliphatic hydroxyl groups is 1. The molecule has 0 aromatic heterocycles. The lowest BCUT2D eigenvalue weighted by Crippen LogP contribution is -2.50. The molecule has 138 valence electrons. The van der Waals surface area contributed by atoms with E-state index in [2.05, 4.69) is 30.3 Å². The van der Waals surface area contributed by atoms with E-state index in [1.165, 1.54) is 37.5 Å². The van der Waals surface area contributed by atoms with Crippen LogP contribution in [0.1, 0.15) is 44.6 Å². The molecule has 0 radical (unpaired) electrons. The van der Waals surface area contributed by atoms with E-state index in [0.717, 1.165) is 40.4 Å². The molecule has 4 aliphatic carbocycles. The maximum atomic E-state index is 9.50. The summed E-state index contributed by atoms with van der Waals surface area (Å²) >= 11 is 0. The molecule has 4 aliphatic rings. The molecular weight excluding hydrogens is 322 g/mol. The molecule has 3 N–H and O–H groups in total. The first kappa shape index (κ1) is 16.6. The van der Waals surface area contributed by atoms with E-state index in [0.29, 0.717) is 6.10 Å². The van der Waals surface area contributed by atoms with Crippen molar-refractivity contribution in [3.8, 4) is 5.75 Å². The van der Waals surface area contributed by atoms with Gasteiger partial charge in [0.2, 0.25) is 0 Å². The lowest BCUT2D eigenvalue weighted by molar-refractivity contribution is -0.0789. The van der Waals surface area contributed by atoms with E-state index < -0.39 is 5.54 Å². The van der Waals surface area contributed by atoms with Crippen LogP contribution in [0.15, 0.2) is 36.4 Å². The summed E-state index contributed by atoms with van der Waals surface area (Å²) in [6.45, 7) is 1.80. The Labute approximate surface area is 155 Å². The molecule has 6 rings (SSSR count). The Balaban J connectivity index is 1.39. The number of hydrogen-bond acceptors (Lipinski definition) is 3. The fourth-order valence-corrected chi connectivity index (χ4v) is 5.97. The molecule has 2 aromatic rings. The van der Waals surface area contributed by atoms with Gasteiger partial charge in [-0.05, 0) is 97.2 Å². The summed E-state index contributed by atoms with van der Waals surface area (Å²) in [6.07, 6.45) is 7.42. The van der Waals surface area contributed by atoms with Crippen LogP contribution in [0.3, 0.4) is 0 Å². The molecule has 4 saturated carbocycles. The van der Waals surface area contributed by atoms with E-state index >= 15 is 0 Å². The molecule has 1 atom stereocenters. The van der Waals surface area contributed by atoms with E-state index in [9.17, 15) is 5.11 Å². The van der Waals surface area contributed by atoms with Crippen molar-refractivity contribution in [3.63, 3.8) is 0 Å². The predicted octanol–water partition coefficient (Wildman–Crippen LogP) is 4.21. The number of rotatable bonds is 4. The molecule has 0 spiro atoms. The summed E-state index contributed by atoms with van der Waals surface area (Å²) in [5.41, 5.74) is 6.43. The van der Waals surface area contributed by atoms with Crippen molar-refractivity contribution in [2.45, 2.75) is 50.7 Å². The number of fused-ring (bicyclic) bond motifs is 1. The molecule has 0 unspecified atom stereocenters. The molecule has 3 nitrogen and oxygen atoms in total. The average Bonchev–Trinajstić information content (AvgIpc) is 2.63. The number of hydrogen-bond donors (Lipinski definition) is 2. The lowest BCUT2D eigenvalue weighted by atomic mass is 9.55. The van der Waals surface area contributed by atoms with Crippen molar-refractivity contribution in [3.05, 3.63) is 42.0 Å². The van der Waals surface area contributed by atoms with E-state index in [1.54, 1.807) is 0 Å². The van der Waals surface area contributed by atoms with Gasteiger partial charge < -0.3 is 15.6 Å². The Bertz CT molecular complexity index is 800. The first-order chi connectivity index (χ1) is 12.5. The number of nitrogens with two attached hydrogens (primary N) is 1. The zero-order valence-electron chi connectivity index (χ0n) is 15.5. The molecule has 0 heterocycles. The second-order valence-corrected chi connectivity index (χ2v) is 9.31. The molecule has 2 aromatic carbocycles. The third-order valence-corrected chi connectivity index (χ3v) is 7.21. The second kappa shape index (κ2) is 5.97. The third-order valence-electron chi connectivity index (χ3n) is 7.21. The highest BCUT2D eigenvalue weighted by Gasteiger charge is 2.49. The minimum Gasteiger partial charge on any atom is -0.490 e. The van der Waals surface area contributed by atoms with Gasteiger partial charge >= 0.3 is 0 Å². The fraction of sp³-hybridized carbons (Fsp3) is 0.565. The van der Waals surface area contributed by atoms with Crippen LogP contribution in [0, 0.1) is 23.7 Å². The third kappa shape index (κ3) is 2.73. The monoisotopic (exact) mass is 351 g/mol. The standard InChI is InChI=1S/C23H29NO2/c1-23(24,13-25)20-4-2-17-12-21(5-3-16(17)11-20)26-22-18-7-14-6-15(9-18)10-19(22)8-14/h2-5,11-12,14-15,18-19,22,25H,6-10,13,24H2,1H3/t14?,15?,18?,19?,22?,23-/m0/s1. The Hall–Kier alpha value is -1.58. The number of aliphatic hydroxyl groups excluding tert-OH is 1. The molecule has 0 aliphatic heterocycles. The van der Waals surface area contributed by atoms with Gasteiger partial charge in [-0.15, -0.1) is 0 Å². The first-order valence-electron chi connectivity index (χ1n) is 10.1. The summed E-state index contributed by atoms with van der Waals surface area (Å²) in [4.78, 5) is 0. The van der Waals surface area contributed by atoms with Crippen LogP contribution >= 0.6 is 0 Å². The van der Waals surface area contributed by atoms with Gasteiger partial charge in [-0.1, -0.05) is 18.2 Å². The van der Waals surface area contributed by atoms with Crippen LogP contribution in [-0.4, -0.2) is 17.8 Å². The van der Waals surface area contributed by atoms with Gasteiger partial charge in [0, 0.05) is 0 Å². The Morgan fingerprint density at radius 3 is 2.23 bits per heavy atom. The Morgan fingerprint density at radius 1 is 0.962 bits per heavy atom. The summed E-state index contributed by atoms with van der Waals surface area (Å²) < 4.78 is 6.55. The van der Waals surface area contributed by atoms with E-state index in [-0.39, 0.29) is 6.61 Å². The van der Waals surface area contributed by atoms with Crippen molar-refractivity contribution < 1.29 is 9.84 Å². The highest BCUT2D eigenvalue weighted by atomic mass is 16.5. The van der Waals surface area contributed by atoms with Crippen molar-refractivity contribution in [1.29, 1.82) is 0 Å². The van der Waals surface area contributed by atoms with Gasteiger partial charge in [0.15, 0.2) is 0 Å². The normalized spacial score (nSPS) is 34.8. The molecule has 0 saturated heterocycles. The summed E-state index contributed by atoms with van der Waals surface area (Å²) in [5.74, 6) is 4.49. The number of ether oxygens (including phenoxy) is 1. The molecular formula is C23H29NO2. The van der Waals surface area contributed by atoms with Gasteiger partial charge in [0.05, 0.1) is 12.1 Å². The summed E-state index contributed by atoms with van der Waals surface area (Å²) in [5, 5.41) is 11.8. The van der Waals surface area contributed by atoms with Crippen molar-refractivity contribution in [1.82, 2.24) is 0 Å². The summed E-state index contributed by atoms with van der Waals surface area (Å²) in [7, 11) is 0. The fourth-order valence-electron chi connectivity index (χ4n) is 5.97. The van der Waals surface area contributed by atoms with Crippen LogP contribution in [-0.2, 0) is 5.54 Å². The first-order valence-corrected chi connectivity index (χ1v) is 10.1. The average molecular weight is 351 g/mol. The van der Waals surface area contributed by atoms with Gasteiger partial charge in [0.1, 0.15) is 11.9 Å². The summed E-state index contributed by atoms with van der Waals surface area (Å²) in [6, 6.07) is 12.6. The quantitative estimate of drug-likeness (QED) is 0.867. The topological polar surface area (TPSA) is 55.5 Å². The molecule has 26 heavy (non-hydrogen) atoms. The zero-order chi connectivity index (χ0) is 17.9. The van der Waals surface area contributed by atoms with Gasteiger partial charge in [-0.25, -0.2) is 0 Å². The van der Waals surface area contributed by atoms with Crippen molar-refractivity contribution in [2.75, 3.05) is 6.61 Å². The smallest absolute Gasteiger partial charge is 0.120 e. The van der Waals surface area contributed by atoms with Crippen LogP contribution in [0.2, 0.25) is 0 Å². The highest BCUT2D eigenvalue weighted by Crippen LogP contribution is 2.54. The van der Waals surface area contributed by atoms with Gasteiger partial charge in [-0.2, -0.15) is 0 Å². The van der Waals surface area contributed by atoms with Crippen molar-refractivity contribution in [2.24, 2.45) is 29.4 Å². The van der Waals surface area contributed by atoms with Crippen LogP contribution < -0.4 is 10.5 Å². The molecule has 4 fully saturated rings. The predicted molar refractivity (Wildman–Crippen MR) is 104 cm³/mol.